The molecule has 0 aliphatic rings. The van der Waals surface area contributed by atoms with E-state index >= 15 is 0 Å². The van der Waals surface area contributed by atoms with Crippen molar-refractivity contribution in [3.63, 3.8) is 0 Å². The Labute approximate surface area is 130 Å². The maximum absolute atomic E-state index is 12.2. The van der Waals surface area contributed by atoms with Gasteiger partial charge in [0.1, 0.15) is 0 Å². The van der Waals surface area contributed by atoms with Gasteiger partial charge in [0, 0.05) is 9.50 Å². The molecule has 0 radical (unpaired) electrons. The van der Waals surface area contributed by atoms with E-state index in [2.05, 4.69) is 21.2 Å². The van der Waals surface area contributed by atoms with Gasteiger partial charge in [0.25, 0.3) is 5.91 Å². The quantitative estimate of drug-likeness (QED) is 0.882. The third-order valence-corrected chi connectivity index (χ3v) is 3.79. The smallest absolute Gasteiger partial charge is 0.253 e. The minimum Gasteiger partial charge on any atom is -0.394 e. The molecule has 104 valence electrons. The zero-order chi connectivity index (χ0) is 14.5. The first kappa shape index (κ1) is 15.0. The maximum Gasteiger partial charge on any atom is 0.253 e. The Hall–Kier alpha value is -1.36. The van der Waals surface area contributed by atoms with Crippen LogP contribution < -0.4 is 5.32 Å². The van der Waals surface area contributed by atoms with Crippen LogP contribution in [0.5, 0.6) is 0 Å². The minimum absolute atomic E-state index is 0.173. The van der Waals surface area contributed by atoms with Crippen LogP contribution in [0.2, 0.25) is 5.02 Å². The second-order valence-corrected chi connectivity index (χ2v) is 5.53. The number of halogens is 2. The molecule has 3 nitrogen and oxygen atoms in total. The lowest BCUT2D eigenvalue weighted by atomic mass is 10.1. The lowest BCUT2D eigenvalue weighted by Crippen LogP contribution is -2.31. The number of nitrogens with one attached hydrogen (secondary N) is 1. The van der Waals surface area contributed by atoms with E-state index < -0.39 is 6.04 Å². The summed E-state index contributed by atoms with van der Waals surface area (Å²) >= 11 is 9.22. The van der Waals surface area contributed by atoms with Gasteiger partial charge in [-0.2, -0.15) is 0 Å². The van der Waals surface area contributed by atoms with Crippen molar-refractivity contribution < 1.29 is 9.90 Å². The number of aliphatic hydroxyl groups excluding tert-OH is 1. The van der Waals surface area contributed by atoms with Crippen molar-refractivity contribution in [2.45, 2.75) is 6.04 Å². The predicted octanol–water partition coefficient (Wildman–Crippen LogP) is 3.57. The van der Waals surface area contributed by atoms with Crippen molar-refractivity contribution in [2.24, 2.45) is 0 Å². The van der Waals surface area contributed by atoms with Gasteiger partial charge < -0.3 is 10.4 Å². The van der Waals surface area contributed by atoms with E-state index in [0.29, 0.717) is 15.1 Å². The molecule has 0 spiro atoms. The van der Waals surface area contributed by atoms with Gasteiger partial charge >= 0.3 is 0 Å². The van der Waals surface area contributed by atoms with Gasteiger partial charge in [-0.3, -0.25) is 4.79 Å². The summed E-state index contributed by atoms with van der Waals surface area (Å²) in [6, 6.07) is 13.9. The fourth-order valence-electron chi connectivity index (χ4n) is 1.83. The first-order valence-corrected chi connectivity index (χ1v) is 7.20. The molecule has 0 saturated carbocycles. The number of carbonyl (C=O) groups is 1. The molecule has 0 saturated heterocycles. The topological polar surface area (TPSA) is 49.3 Å². The third-order valence-electron chi connectivity index (χ3n) is 2.86. The summed E-state index contributed by atoms with van der Waals surface area (Å²) in [5.74, 6) is -0.290. The number of aliphatic hydroxyl groups is 1. The molecular formula is C15H13BrClNO2. The van der Waals surface area contributed by atoms with E-state index in [1.807, 2.05) is 30.3 Å². The van der Waals surface area contributed by atoms with Crippen LogP contribution in [0.1, 0.15) is 22.0 Å². The van der Waals surface area contributed by atoms with Crippen LogP contribution in [0.3, 0.4) is 0 Å². The molecule has 0 aliphatic carbocycles. The van der Waals surface area contributed by atoms with E-state index in [1.165, 1.54) is 0 Å². The number of rotatable bonds is 4. The number of carbonyl (C=O) groups excluding carboxylic acids is 1. The van der Waals surface area contributed by atoms with Crippen molar-refractivity contribution in [3.8, 4) is 0 Å². The fourth-order valence-corrected chi connectivity index (χ4v) is 2.43. The second kappa shape index (κ2) is 6.88. The van der Waals surface area contributed by atoms with E-state index in [-0.39, 0.29) is 12.5 Å². The Morgan fingerprint density at radius 1 is 1.25 bits per heavy atom. The number of benzene rings is 2. The summed E-state index contributed by atoms with van der Waals surface area (Å²) in [5, 5.41) is 12.7. The van der Waals surface area contributed by atoms with Crippen molar-refractivity contribution in [1.82, 2.24) is 5.32 Å². The molecule has 20 heavy (non-hydrogen) atoms. The summed E-state index contributed by atoms with van der Waals surface area (Å²) < 4.78 is 0.657. The lowest BCUT2D eigenvalue weighted by molar-refractivity contribution is 0.0915. The fraction of sp³-hybridized carbons (Fsp3) is 0.133. The number of hydrogen-bond donors (Lipinski definition) is 2. The highest BCUT2D eigenvalue weighted by Crippen LogP contribution is 2.22. The number of hydrogen-bond acceptors (Lipinski definition) is 2. The molecule has 0 aromatic heterocycles. The molecule has 0 bridgehead atoms. The third kappa shape index (κ3) is 3.60. The Balaban J connectivity index is 2.20. The largest absolute Gasteiger partial charge is 0.394 e. The van der Waals surface area contributed by atoms with Crippen LogP contribution in [0, 0.1) is 0 Å². The molecule has 1 amide bonds. The highest BCUT2D eigenvalue weighted by Gasteiger charge is 2.16. The predicted molar refractivity (Wildman–Crippen MR) is 82.9 cm³/mol. The lowest BCUT2D eigenvalue weighted by Gasteiger charge is -2.17. The molecule has 2 aromatic rings. The van der Waals surface area contributed by atoms with Gasteiger partial charge in [-0.25, -0.2) is 0 Å². The summed E-state index contributed by atoms with van der Waals surface area (Å²) in [5.41, 5.74) is 1.29. The van der Waals surface area contributed by atoms with Crippen molar-refractivity contribution in [3.05, 3.63) is 69.2 Å². The van der Waals surface area contributed by atoms with Gasteiger partial charge in [0.05, 0.1) is 18.2 Å². The standard InChI is InChI=1S/C15H13BrClNO2/c16-13-7-6-11(17)8-12(13)15(20)18-14(9-19)10-4-2-1-3-5-10/h1-8,14,19H,9H2,(H,18,20)/t14-/m1/s1. The van der Waals surface area contributed by atoms with Crippen LogP contribution >= 0.6 is 27.5 Å². The highest BCUT2D eigenvalue weighted by atomic mass is 79.9. The van der Waals surface area contributed by atoms with Crippen molar-refractivity contribution in [1.29, 1.82) is 0 Å². The summed E-state index contributed by atoms with van der Waals surface area (Å²) in [6.07, 6.45) is 0. The van der Waals surface area contributed by atoms with Crippen molar-refractivity contribution in [2.75, 3.05) is 6.61 Å². The Morgan fingerprint density at radius 2 is 1.95 bits per heavy atom. The van der Waals surface area contributed by atoms with E-state index in [0.717, 1.165) is 5.56 Å². The summed E-state index contributed by atoms with van der Waals surface area (Å²) in [7, 11) is 0. The van der Waals surface area contributed by atoms with E-state index in [4.69, 9.17) is 11.6 Å². The molecule has 5 heteroatoms. The molecular weight excluding hydrogens is 342 g/mol. The van der Waals surface area contributed by atoms with Gasteiger partial charge in [0.2, 0.25) is 0 Å². The van der Waals surface area contributed by atoms with Crippen LogP contribution in [0.4, 0.5) is 0 Å². The molecule has 2 aromatic carbocycles. The van der Waals surface area contributed by atoms with Crippen LogP contribution in [0.25, 0.3) is 0 Å². The molecule has 0 heterocycles. The molecule has 1 atom stereocenters. The monoisotopic (exact) mass is 353 g/mol. The van der Waals surface area contributed by atoms with E-state index in [1.54, 1.807) is 18.2 Å². The summed E-state index contributed by atoms with van der Waals surface area (Å²) in [6.45, 7) is -0.173. The molecule has 0 unspecified atom stereocenters. The van der Waals surface area contributed by atoms with Crippen LogP contribution in [-0.4, -0.2) is 17.6 Å². The van der Waals surface area contributed by atoms with Gasteiger partial charge in [-0.15, -0.1) is 0 Å². The van der Waals surface area contributed by atoms with Gasteiger partial charge in [0.15, 0.2) is 0 Å². The molecule has 2 N–H and O–H groups in total. The SMILES string of the molecule is O=C(N[C@H](CO)c1ccccc1)c1cc(Cl)ccc1Br. The first-order valence-electron chi connectivity index (χ1n) is 6.03. The molecule has 2 rings (SSSR count). The second-order valence-electron chi connectivity index (χ2n) is 4.24. The maximum atomic E-state index is 12.2. The number of amides is 1. The Bertz CT molecular complexity index is 604. The normalized spacial score (nSPS) is 11.9. The zero-order valence-electron chi connectivity index (χ0n) is 10.5. The minimum atomic E-state index is -0.449. The zero-order valence-corrected chi connectivity index (χ0v) is 12.9. The molecule has 0 fully saturated rings. The van der Waals surface area contributed by atoms with Crippen molar-refractivity contribution >= 4 is 33.4 Å². The Kier molecular flexibility index (Phi) is 5.17. The summed E-state index contributed by atoms with van der Waals surface area (Å²) in [4.78, 5) is 12.2. The highest BCUT2D eigenvalue weighted by molar-refractivity contribution is 9.10. The van der Waals surface area contributed by atoms with Gasteiger partial charge in [-0.1, -0.05) is 41.9 Å². The van der Waals surface area contributed by atoms with Gasteiger partial charge in [-0.05, 0) is 39.7 Å². The van der Waals surface area contributed by atoms with E-state index in [9.17, 15) is 9.90 Å². The average molecular weight is 355 g/mol. The first-order chi connectivity index (χ1) is 9.61. The Morgan fingerprint density at radius 3 is 2.60 bits per heavy atom. The van der Waals surface area contributed by atoms with Crippen LogP contribution in [0.15, 0.2) is 53.0 Å². The average Bonchev–Trinajstić information content (AvgIpc) is 2.48. The molecule has 0 aliphatic heterocycles. The van der Waals surface area contributed by atoms with Crippen LogP contribution in [-0.2, 0) is 0 Å².